The minimum atomic E-state index is -0.960. The molecule has 0 saturated heterocycles. The van der Waals surface area contributed by atoms with Crippen molar-refractivity contribution in [3.63, 3.8) is 0 Å². The summed E-state index contributed by atoms with van der Waals surface area (Å²) in [4.78, 5) is 23.6. The third-order valence-electron chi connectivity index (χ3n) is 4.24. The number of hydrogen-bond acceptors (Lipinski definition) is 7. The van der Waals surface area contributed by atoms with Crippen LogP contribution in [0.25, 0.3) is 0 Å². The molecule has 0 fully saturated rings. The second-order valence-electron chi connectivity index (χ2n) is 7.32. The average Bonchev–Trinajstić information content (AvgIpc) is 2.66. The molecule has 0 saturated carbocycles. The predicted molar refractivity (Wildman–Crippen MR) is 107 cm³/mol. The van der Waals surface area contributed by atoms with Crippen molar-refractivity contribution in [3.05, 3.63) is 25.3 Å². The van der Waals surface area contributed by atoms with Gasteiger partial charge in [0.25, 0.3) is 0 Å². The van der Waals surface area contributed by atoms with Gasteiger partial charge in [0.15, 0.2) is 0 Å². The SMILES string of the molecule is C=CCOCC(CC)(CCOC(=O)CCC(=O)OC(C)(C)CO)COCC=C. The van der Waals surface area contributed by atoms with Gasteiger partial charge in [0.2, 0.25) is 0 Å². The Labute approximate surface area is 168 Å². The van der Waals surface area contributed by atoms with E-state index >= 15 is 0 Å². The highest BCUT2D eigenvalue weighted by atomic mass is 16.6. The van der Waals surface area contributed by atoms with Crippen LogP contribution in [0.3, 0.4) is 0 Å². The van der Waals surface area contributed by atoms with Crippen molar-refractivity contribution in [1.82, 2.24) is 0 Å². The summed E-state index contributed by atoms with van der Waals surface area (Å²) in [5.41, 5.74) is -1.24. The zero-order valence-electron chi connectivity index (χ0n) is 17.5. The lowest BCUT2D eigenvalue weighted by molar-refractivity contribution is -0.162. The van der Waals surface area contributed by atoms with Crippen LogP contribution in [0, 0.1) is 5.41 Å². The summed E-state index contributed by atoms with van der Waals surface area (Å²) in [7, 11) is 0. The van der Waals surface area contributed by atoms with E-state index in [1.54, 1.807) is 26.0 Å². The van der Waals surface area contributed by atoms with E-state index in [1.165, 1.54) is 0 Å². The maximum absolute atomic E-state index is 11.9. The van der Waals surface area contributed by atoms with Crippen LogP contribution in [0.5, 0.6) is 0 Å². The molecule has 0 radical (unpaired) electrons. The molecular formula is C21H36O7. The second kappa shape index (κ2) is 14.3. The van der Waals surface area contributed by atoms with Crippen LogP contribution in [-0.4, -0.2) is 62.3 Å². The van der Waals surface area contributed by atoms with E-state index < -0.39 is 17.5 Å². The number of carbonyl (C=O) groups is 2. The van der Waals surface area contributed by atoms with E-state index in [9.17, 15) is 9.59 Å². The van der Waals surface area contributed by atoms with Gasteiger partial charge in [0.05, 0.1) is 52.5 Å². The lowest BCUT2D eigenvalue weighted by Gasteiger charge is -2.32. The Bertz CT molecular complexity index is 471. The summed E-state index contributed by atoms with van der Waals surface area (Å²) in [6, 6.07) is 0. The van der Waals surface area contributed by atoms with E-state index in [2.05, 4.69) is 13.2 Å². The molecule has 0 aliphatic rings. The smallest absolute Gasteiger partial charge is 0.306 e. The monoisotopic (exact) mass is 400 g/mol. The molecule has 0 rings (SSSR count). The highest BCUT2D eigenvalue weighted by molar-refractivity contribution is 5.77. The van der Waals surface area contributed by atoms with Gasteiger partial charge in [0, 0.05) is 5.41 Å². The summed E-state index contributed by atoms with van der Waals surface area (Å²) in [5, 5.41) is 9.09. The van der Waals surface area contributed by atoms with E-state index in [1.807, 2.05) is 6.92 Å². The first-order valence-electron chi connectivity index (χ1n) is 9.60. The Balaban J connectivity index is 4.44. The standard InChI is InChI=1S/C21H36O7/c1-6-12-25-16-21(8-3,17-26-13-7-2)11-14-27-18(23)9-10-19(24)28-20(4,5)15-22/h6-7,22H,1-2,8-17H2,3-5H3. The molecule has 0 aromatic heterocycles. The second-order valence-corrected chi connectivity index (χ2v) is 7.32. The normalized spacial score (nSPS) is 11.7. The fourth-order valence-corrected chi connectivity index (χ4v) is 2.33. The van der Waals surface area contributed by atoms with Gasteiger partial charge >= 0.3 is 11.9 Å². The largest absolute Gasteiger partial charge is 0.466 e. The molecule has 0 spiro atoms. The van der Waals surface area contributed by atoms with E-state index in [-0.39, 0.29) is 31.5 Å². The molecule has 0 heterocycles. The molecule has 0 unspecified atom stereocenters. The van der Waals surface area contributed by atoms with Crippen molar-refractivity contribution in [3.8, 4) is 0 Å². The highest BCUT2D eigenvalue weighted by Crippen LogP contribution is 2.28. The number of rotatable bonds is 17. The maximum Gasteiger partial charge on any atom is 0.306 e. The van der Waals surface area contributed by atoms with Crippen molar-refractivity contribution in [2.45, 2.75) is 52.1 Å². The van der Waals surface area contributed by atoms with Crippen molar-refractivity contribution in [2.24, 2.45) is 5.41 Å². The van der Waals surface area contributed by atoms with E-state index in [4.69, 9.17) is 24.1 Å². The van der Waals surface area contributed by atoms with Gasteiger partial charge in [-0.3, -0.25) is 9.59 Å². The summed E-state index contributed by atoms with van der Waals surface area (Å²) < 4.78 is 21.6. The molecule has 0 aliphatic carbocycles. The minimum Gasteiger partial charge on any atom is -0.466 e. The van der Waals surface area contributed by atoms with Crippen LogP contribution < -0.4 is 0 Å². The van der Waals surface area contributed by atoms with Crippen LogP contribution >= 0.6 is 0 Å². The maximum atomic E-state index is 11.9. The fraction of sp³-hybridized carbons (Fsp3) is 0.714. The van der Waals surface area contributed by atoms with Gasteiger partial charge in [0.1, 0.15) is 5.60 Å². The molecule has 1 N–H and O–H groups in total. The number of aliphatic hydroxyl groups excluding tert-OH is 1. The third kappa shape index (κ3) is 11.9. The Kier molecular flexibility index (Phi) is 13.5. The number of carbonyl (C=O) groups excluding carboxylic acids is 2. The Morgan fingerprint density at radius 1 is 1.00 bits per heavy atom. The van der Waals surface area contributed by atoms with E-state index in [0.29, 0.717) is 32.8 Å². The Morgan fingerprint density at radius 3 is 2.00 bits per heavy atom. The molecule has 7 nitrogen and oxygen atoms in total. The Hall–Kier alpha value is -1.70. The Morgan fingerprint density at radius 2 is 1.54 bits per heavy atom. The van der Waals surface area contributed by atoms with Gasteiger partial charge in [-0.25, -0.2) is 0 Å². The molecule has 0 amide bonds. The average molecular weight is 401 g/mol. The zero-order valence-corrected chi connectivity index (χ0v) is 17.5. The first-order valence-corrected chi connectivity index (χ1v) is 9.60. The molecule has 0 bridgehead atoms. The molecule has 7 heteroatoms. The van der Waals surface area contributed by atoms with Crippen LogP contribution in [-0.2, 0) is 28.5 Å². The van der Waals surface area contributed by atoms with Gasteiger partial charge in [-0.2, -0.15) is 0 Å². The quantitative estimate of drug-likeness (QED) is 0.228. The molecule has 0 atom stereocenters. The van der Waals surface area contributed by atoms with Crippen LogP contribution in [0.1, 0.15) is 46.5 Å². The van der Waals surface area contributed by atoms with Crippen molar-refractivity contribution in [1.29, 1.82) is 0 Å². The van der Waals surface area contributed by atoms with Crippen LogP contribution in [0.15, 0.2) is 25.3 Å². The lowest BCUT2D eigenvalue weighted by Crippen LogP contribution is -2.34. The molecule has 28 heavy (non-hydrogen) atoms. The minimum absolute atomic E-state index is 0.0700. The zero-order chi connectivity index (χ0) is 21.5. The van der Waals surface area contributed by atoms with Gasteiger partial charge in [-0.15, -0.1) is 13.2 Å². The molecule has 162 valence electrons. The molecule has 0 aliphatic heterocycles. The van der Waals surface area contributed by atoms with E-state index in [0.717, 1.165) is 6.42 Å². The van der Waals surface area contributed by atoms with Gasteiger partial charge in [-0.1, -0.05) is 19.1 Å². The predicted octanol–water partition coefficient (Wildman–Crippen LogP) is 2.82. The molecule has 0 aromatic carbocycles. The van der Waals surface area contributed by atoms with Crippen LogP contribution in [0.2, 0.25) is 0 Å². The first-order chi connectivity index (χ1) is 13.2. The first kappa shape index (κ1) is 26.3. The topological polar surface area (TPSA) is 91.3 Å². The fourth-order valence-electron chi connectivity index (χ4n) is 2.33. The van der Waals surface area contributed by atoms with Crippen molar-refractivity contribution < 1.29 is 33.6 Å². The van der Waals surface area contributed by atoms with Crippen LogP contribution in [0.4, 0.5) is 0 Å². The van der Waals surface area contributed by atoms with Gasteiger partial charge in [-0.05, 0) is 26.7 Å². The third-order valence-corrected chi connectivity index (χ3v) is 4.24. The summed E-state index contributed by atoms with van der Waals surface area (Å²) in [6.45, 7) is 14.2. The summed E-state index contributed by atoms with van der Waals surface area (Å²) >= 11 is 0. The summed E-state index contributed by atoms with van der Waals surface area (Å²) in [5.74, 6) is -1.02. The summed E-state index contributed by atoms with van der Waals surface area (Å²) in [6.07, 6.45) is 4.57. The molecular weight excluding hydrogens is 364 g/mol. The number of esters is 2. The van der Waals surface area contributed by atoms with Gasteiger partial charge < -0.3 is 24.1 Å². The number of hydrogen-bond donors (Lipinski definition) is 1. The van der Waals surface area contributed by atoms with Crippen molar-refractivity contribution in [2.75, 3.05) is 39.6 Å². The number of ether oxygens (including phenoxy) is 4. The number of aliphatic hydroxyl groups is 1. The highest BCUT2D eigenvalue weighted by Gasteiger charge is 2.29. The molecule has 0 aromatic rings. The lowest BCUT2D eigenvalue weighted by atomic mass is 9.83. The van der Waals surface area contributed by atoms with Crippen molar-refractivity contribution >= 4 is 11.9 Å².